The molecule has 0 bridgehead atoms. The molecule has 5 nitrogen and oxygen atoms in total. The molecule has 17 heavy (non-hydrogen) atoms. The van der Waals surface area contributed by atoms with Crippen LogP contribution in [-0.2, 0) is 0 Å². The number of nitrogens with zero attached hydrogens (tertiary/aromatic N) is 1. The van der Waals surface area contributed by atoms with E-state index in [2.05, 4.69) is 5.32 Å². The number of hydrogen-bond acceptors (Lipinski definition) is 4. The van der Waals surface area contributed by atoms with Crippen LogP contribution in [0.2, 0.25) is 0 Å². The first-order chi connectivity index (χ1) is 7.90. The van der Waals surface area contributed by atoms with E-state index >= 15 is 0 Å². The van der Waals surface area contributed by atoms with Crippen LogP contribution in [0.25, 0.3) is 0 Å². The summed E-state index contributed by atoms with van der Waals surface area (Å²) in [5.74, 6) is 0. The molecular formula is C12H18N2O3. The first-order valence-corrected chi connectivity index (χ1v) is 5.59. The van der Waals surface area contributed by atoms with E-state index in [4.69, 9.17) is 0 Å². The maximum Gasteiger partial charge on any atom is 0.274 e. The van der Waals surface area contributed by atoms with Gasteiger partial charge in [-0.15, -0.1) is 0 Å². The fourth-order valence-electron chi connectivity index (χ4n) is 1.75. The van der Waals surface area contributed by atoms with Gasteiger partial charge in [0.2, 0.25) is 0 Å². The standard InChI is InChI=1S/C12H18N2O3/c1-8-4-5-11(7-12(8)14(16)17)13-9(2)6-10(3)15/h4-5,7,9-10,13,15H,6H2,1-3H3. The Morgan fingerprint density at radius 3 is 2.65 bits per heavy atom. The van der Waals surface area contributed by atoms with Crippen LogP contribution in [0.15, 0.2) is 18.2 Å². The van der Waals surface area contributed by atoms with Crippen LogP contribution in [0, 0.1) is 17.0 Å². The molecule has 0 radical (unpaired) electrons. The number of hydrogen-bond donors (Lipinski definition) is 2. The summed E-state index contributed by atoms with van der Waals surface area (Å²) in [6, 6.07) is 5.11. The topological polar surface area (TPSA) is 75.4 Å². The lowest BCUT2D eigenvalue weighted by molar-refractivity contribution is -0.385. The summed E-state index contributed by atoms with van der Waals surface area (Å²) in [5.41, 5.74) is 1.46. The van der Waals surface area contributed by atoms with Gasteiger partial charge in [0, 0.05) is 23.4 Å². The molecule has 0 heterocycles. The molecule has 0 saturated heterocycles. The number of aliphatic hydroxyl groups is 1. The molecule has 0 saturated carbocycles. The highest BCUT2D eigenvalue weighted by atomic mass is 16.6. The minimum Gasteiger partial charge on any atom is -0.393 e. The van der Waals surface area contributed by atoms with Gasteiger partial charge in [-0.1, -0.05) is 6.07 Å². The predicted molar refractivity (Wildman–Crippen MR) is 67.2 cm³/mol. The molecule has 2 N–H and O–H groups in total. The lowest BCUT2D eigenvalue weighted by atomic mass is 10.1. The highest BCUT2D eigenvalue weighted by molar-refractivity contribution is 5.55. The molecule has 2 unspecified atom stereocenters. The van der Waals surface area contributed by atoms with E-state index in [1.54, 1.807) is 26.0 Å². The highest BCUT2D eigenvalue weighted by Gasteiger charge is 2.12. The second-order valence-electron chi connectivity index (χ2n) is 4.39. The summed E-state index contributed by atoms with van der Waals surface area (Å²) in [6.45, 7) is 5.36. The van der Waals surface area contributed by atoms with Crippen molar-refractivity contribution in [3.8, 4) is 0 Å². The normalized spacial score (nSPS) is 14.1. The summed E-state index contributed by atoms with van der Waals surface area (Å²) < 4.78 is 0. The smallest absolute Gasteiger partial charge is 0.274 e. The van der Waals surface area contributed by atoms with E-state index in [-0.39, 0.29) is 16.7 Å². The van der Waals surface area contributed by atoms with Gasteiger partial charge in [0.1, 0.15) is 0 Å². The van der Waals surface area contributed by atoms with Crippen LogP contribution in [-0.4, -0.2) is 22.2 Å². The predicted octanol–water partition coefficient (Wildman–Crippen LogP) is 2.47. The van der Waals surface area contributed by atoms with Crippen molar-refractivity contribution >= 4 is 11.4 Å². The average molecular weight is 238 g/mol. The van der Waals surface area contributed by atoms with Gasteiger partial charge >= 0.3 is 0 Å². The fourth-order valence-corrected chi connectivity index (χ4v) is 1.75. The minimum atomic E-state index is -0.391. The Morgan fingerprint density at radius 1 is 1.47 bits per heavy atom. The third-order valence-electron chi connectivity index (χ3n) is 2.51. The molecule has 5 heteroatoms. The van der Waals surface area contributed by atoms with E-state index in [9.17, 15) is 15.2 Å². The molecule has 0 aliphatic rings. The Morgan fingerprint density at radius 2 is 2.12 bits per heavy atom. The molecule has 1 rings (SSSR count). The van der Waals surface area contributed by atoms with Crippen LogP contribution in [0.3, 0.4) is 0 Å². The Bertz CT molecular complexity index is 405. The van der Waals surface area contributed by atoms with Crippen molar-refractivity contribution in [2.75, 3.05) is 5.32 Å². The summed E-state index contributed by atoms with van der Waals surface area (Å²) in [5, 5.41) is 23.1. The Kier molecular flexibility index (Phi) is 4.45. The van der Waals surface area contributed by atoms with E-state index in [1.165, 1.54) is 6.07 Å². The lowest BCUT2D eigenvalue weighted by Gasteiger charge is -2.16. The zero-order valence-corrected chi connectivity index (χ0v) is 10.3. The monoisotopic (exact) mass is 238 g/mol. The first kappa shape index (κ1) is 13.4. The van der Waals surface area contributed by atoms with Crippen molar-refractivity contribution < 1.29 is 10.0 Å². The molecule has 0 spiro atoms. The largest absolute Gasteiger partial charge is 0.393 e. The van der Waals surface area contributed by atoms with Crippen molar-refractivity contribution in [1.82, 2.24) is 0 Å². The number of aryl methyl sites for hydroxylation is 1. The fraction of sp³-hybridized carbons (Fsp3) is 0.500. The second-order valence-corrected chi connectivity index (χ2v) is 4.39. The van der Waals surface area contributed by atoms with Crippen molar-refractivity contribution in [3.05, 3.63) is 33.9 Å². The Labute approximate surface area is 101 Å². The van der Waals surface area contributed by atoms with E-state index in [0.29, 0.717) is 17.7 Å². The maximum absolute atomic E-state index is 10.8. The Hall–Kier alpha value is -1.62. The molecule has 0 aromatic heterocycles. The lowest BCUT2D eigenvalue weighted by Crippen LogP contribution is -2.20. The quantitative estimate of drug-likeness (QED) is 0.610. The van der Waals surface area contributed by atoms with Gasteiger partial charge in [-0.2, -0.15) is 0 Å². The highest BCUT2D eigenvalue weighted by Crippen LogP contribution is 2.23. The molecular weight excluding hydrogens is 220 g/mol. The molecule has 0 aliphatic carbocycles. The van der Waals surface area contributed by atoms with E-state index < -0.39 is 6.10 Å². The molecule has 0 aliphatic heterocycles. The molecule has 94 valence electrons. The van der Waals surface area contributed by atoms with Crippen LogP contribution in [0.5, 0.6) is 0 Å². The van der Waals surface area contributed by atoms with Crippen molar-refractivity contribution in [2.45, 2.75) is 39.3 Å². The van der Waals surface area contributed by atoms with Gasteiger partial charge in [-0.05, 0) is 33.3 Å². The zero-order valence-electron chi connectivity index (χ0n) is 10.3. The Balaban J connectivity index is 2.79. The number of nitrogens with one attached hydrogen (secondary N) is 1. The van der Waals surface area contributed by atoms with Gasteiger partial charge < -0.3 is 10.4 Å². The van der Waals surface area contributed by atoms with Gasteiger partial charge in [0.05, 0.1) is 11.0 Å². The van der Waals surface area contributed by atoms with Gasteiger partial charge in [-0.25, -0.2) is 0 Å². The SMILES string of the molecule is Cc1ccc(NC(C)CC(C)O)cc1[N+](=O)[O-]. The molecule has 0 amide bonds. The van der Waals surface area contributed by atoms with E-state index in [0.717, 1.165) is 0 Å². The summed E-state index contributed by atoms with van der Waals surface area (Å²) >= 11 is 0. The van der Waals surface area contributed by atoms with Crippen molar-refractivity contribution in [3.63, 3.8) is 0 Å². The van der Waals surface area contributed by atoms with Crippen LogP contribution in [0.1, 0.15) is 25.8 Å². The zero-order chi connectivity index (χ0) is 13.0. The second kappa shape index (κ2) is 5.63. The van der Waals surface area contributed by atoms with Crippen molar-refractivity contribution in [1.29, 1.82) is 0 Å². The summed E-state index contributed by atoms with van der Waals surface area (Å²) in [4.78, 5) is 10.4. The van der Waals surface area contributed by atoms with Crippen molar-refractivity contribution in [2.24, 2.45) is 0 Å². The number of rotatable bonds is 5. The van der Waals surface area contributed by atoms with Crippen LogP contribution >= 0.6 is 0 Å². The van der Waals surface area contributed by atoms with Crippen LogP contribution in [0.4, 0.5) is 11.4 Å². The maximum atomic E-state index is 10.8. The van der Waals surface area contributed by atoms with Gasteiger partial charge in [0.15, 0.2) is 0 Å². The van der Waals surface area contributed by atoms with E-state index in [1.807, 2.05) is 6.92 Å². The number of nitro benzene ring substituents is 1. The van der Waals surface area contributed by atoms with Crippen LogP contribution < -0.4 is 5.32 Å². The minimum absolute atomic E-state index is 0.0670. The first-order valence-electron chi connectivity index (χ1n) is 5.59. The molecule has 0 fully saturated rings. The number of anilines is 1. The number of nitro groups is 1. The third-order valence-corrected chi connectivity index (χ3v) is 2.51. The van der Waals surface area contributed by atoms with Gasteiger partial charge in [-0.3, -0.25) is 10.1 Å². The molecule has 2 atom stereocenters. The average Bonchev–Trinajstić information content (AvgIpc) is 2.19. The molecule has 1 aromatic rings. The third kappa shape index (κ3) is 4.03. The molecule has 1 aromatic carbocycles. The number of aliphatic hydroxyl groups excluding tert-OH is 1. The summed E-state index contributed by atoms with van der Waals surface area (Å²) in [7, 11) is 0. The van der Waals surface area contributed by atoms with Gasteiger partial charge in [0.25, 0.3) is 5.69 Å². The summed E-state index contributed by atoms with van der Waals surface area (Å²) in [6.07, 6.45) is 0.208. The number of benzene rings is 1.